The number of aliphatic hydroxyl groups is 1. The van der Waals surface area contributed by atoms with Gasteiger partial charge in [-0.15, -0.1) is 0 Å². The lowest BCUT2D eigenvalue weighted by Crippen LogP contribution is -2.43. The molecular formula is C16H24N2O2. The lowest BCUT2D eigenvalue weighted by atomic mass is 10.0. The predicted molar refractivity (Wildman–Crippen MR) is 79.5 cm³/mol. The highest BCUT2D eigenvalue weighted by Crippen LogP contribution is 2.19. The lowest BCUT2D eigenvalue weighted by molar-refractivity contribution is 0.0818. The Kier molecular flexibility index (Phi) is 5.56. The van der Waals surface area contributed by atoms with Gasteiger partial charge < -0.3 is 16.2 Å². The molecule has 0 heterocycles. The molecule has 20 heavy (non-hydrogen) atoms. The van der Waals surface area contributed by atoms with Gasteiger partial charge in [-0.3, -0.25) is 4.79 Å². The van der Waals surface area contributed by atoms with Crippen molar-refractivity contribution in [3.63, 3.8) is 0 Å². The number of benzene rings is 1. The minimum absolute atomic E-state index is 0.0972. The highest BCUT2D eigenvalue weighted by atomic mass is 16.3. The normalized spacial score (nSPS) is 23.1. The molecule has 0 bridgehead atoms. The number of nitrogens with one attached hydrogen (secondary N) is 1. The summed E-state index contributed by atoms with van der Waals surface area (Å²) in [5.74, 6) is -0.0972. The minimum atomic E-state index is -0.428. The Labute approximate surface area is 120 Å². The van der Waals surface area contributed by atoms with Crippen LogP contribution >= 0.6 is 0 Å². The maximum absolute atomic E-state index is 12.4. The fourth-order valence-electron chi connectivity index (χ4n) is 2.82. The van der Waals surface area contributed by atoms with Gasteiger partial charge in [0.1, 0.15) is 0 Å². The molecule has 4 heteroatoms. The molecule has 0 radical (unpaired) electrons. The van der Waals surface area contributed by atoms with Gasteiger partial charge >= 0.3 is 0 Å². The van der Waals surface area contributed by atoms with Crippen LogP contribution in [-0.4, -0.2) is 29.7 Å². The molecule has 1 aliphatic carbocycles. The lowest BCUT2D eigenvalue weighted by Gasteiger charge is -2.22. The van der Waals surface area contributed by atoms with Crippen LogP contribution in [0.15, 0.2) is 24.3 Å². The van der Waals surface area contributed by atoms with E-state index in [1.807, 2.05) is 24.3 Å². The Hall–Kier alpha value is -1.39. The maximum Gasteiger partial charge on any atom is 0.251 e. The van der Waals surface area contributed by atoms with Gasteiger partial charge in [0, 0.05) is 5.56 Å². The Morgan fingerprint density at radius 2 is 2.00 bits per heavy atom. The molecule has 1 aromatic carbocycles. The Morgan fingerprint density at radius 1 is 1.25 bits per heavy atom. The first kappa shape index (κ1) is 15.0. The van der Waals surface area contributed by atoms with Crippen LogP contribution in [0.5, 0.6) is 0 Å². The van der Waals surface area contributed by atoms with Gasteiger partial charge in [0.15, 0.2) is 0 Å². The second-order valence-corrected chi connectivity index (χ2v) is 5.48. The third-order valence-corrected chi connectivity index (χ3v) is 3.97. The third kappa shape index (κ3) is 3.81. The van der Waals surface area contributed by atoms with Crippen molar-refractivity contribution in [2.24, 2.45) is 5.73 Å². The van der Waals surface area contributed by atoms with Crippen molar-refractivity contribution in [2.45, 2.75) is 50.7 Å². The van der Waals surface area contributed by atoms with Gasteiger partial charge in [-0.1, -0.05) is 37.5 Å². The Morgan fingerprint density at radius 3 is 2.80 bits per heavy atom. The zero-order valence-corrected chi connectivity index (χ0v) is 11.8. The molecule has 1 aliphatic rings. The number of hydrogen-bond acceptors (Lipinski definition) is 3. The van der Waals surface area contributed by atoms with Gasteiger partial charge in [0.25, 0.3) is 5.91 Å². The van der Waals surface area contributed by atoms with Crippen molar-refractivity contribution in [1.29, 1.82) is 0 Å². The van der Waals surface area contributed by atoms with Crippen molar-refractivity contribution in [1.82, 2.24) is 5.32 Å². The molecule has 2 rings (SSSR count). The standard InChI is InChI=1S/C16H24N2O2/c17-11-10-12-6-4-5-7-13(12)16(20)18-14-8-2-1-3-9-15(14)19/h4-7,14-15,19H,1-3,8-11,17H2,(H,18,20). The molecule has 0 aliphatic heterocycles. The van der Waals surface area contributed by atoms with E-state index in [1.165, 1.54) is 0 Å². The SMILES string of the molecule is NCCc1ccccc1C(=O)NC1CCCCCC1O. The number of carbonyl (C=O) groups excluding carboxylic acids is 1. The van der Waals surface area contributed by atoms with E-state index in [0.29, 0.717) is 18.5 Å². The molecule has 2 unspecified atom stereocenters. The van der Waals surface area contributed by atoms with E-state index in [4.69, 9.17) is 5.73 Å². The van der Waals surface area contributed by atoms with Crippen LogP contribution in [0, 0.1) is 0 Å². The molecular weight excluding hydrogens is 252 g/mol. The molecule has 1 saturated carbocycles. The molecule has 110 valence electrons. The van der Waals surface area contributed by atoms with Crippen molar-refractivity contribution in [3.05, 3.63) is 35.4 Å². The highest BCUT2D eigenvalue weighted by Gasteiger charge is 2.24. The first-order valence-electron chi connectivity index (χ1n) is 7.49. The first-order chi connectivity index (χ1) is 9.72. The van der Waals surface area contributed by atoms with Crippen LogP contribution < -0.4 is 11.1 Å². The van der Waals surface area contributed by atoms with Gasteiger partial charge in [0.05, 0.1) is 12.1 Å². The third-order valence-electron chi connectivity index (χ3n) is 3.97. The Bertz CT molecular complexity index is 448. The Balaban J connectivity index is 2.07. The van der Waals surface area contributed by atoms with Crippen LogP contribution in [0.3, 0.4) is 0 Å². The summed E-state index contributed by atoms with van der Waals surface area (Å²) in [6.07, 6.45) is 5.12. The molecule has 1 amide bonds. The van der Waals surface area contributed by atoms with E-state index >= 15 is 0 Å². The van der Waals surface area contributed by atoms with E-state index < -0.39 is 6.10 Å². The van der Waals surface area contributed by atoms with Crippen molar-refractivity contribution in [2.75, 3.05) is 6.54 Å². The number of rotatable bonds is 4. The maximum atomic E-state index is 12.4. The van der Waals surface area contributed by atoms with E-state index in [0.717, 1.165) is 37.7 Å². The number of carbonyl (C=O) groups is 1. The van der Waals surface area contributed by atoms with Crippen LogP contribution in [0.25, 0.3) is 0 Å². The minimum Gasteiger partial charge on any atom is -0.391 e. The monoisotopic (exact) mass is 276 g/mol. The summed E-state index contributed by atoms with van der Waals surface area (Å²) in [4.78, 5) is 12.4. The quantitative estimate of drug-likeness (QED) is 0.731. The largest absolute Gasteiger partial charge is 0.391 e. The number of amides is 1. The molecule has 0 saturated heterocycles. The number of nitrogens with two attached hydrogens (primary N) is 1. The summed E-state index contributed by atoms with van der Waals surface area (Å²) in [6.45, 7) is 0.524. The van der Waals surface area contributed by atoms with Gasteiger partial charge in [-0.2, -0.15) is 0 Å². The van der Waals surface area contributed by atoms with Crippen molar-refractivity contribution in [3.8, 4) is 0 Å². The van der Waals surface area contributed by atoms with E-state index in [9.17, 15) is 9.90 Å². The molecule has 0 spiro atoms. The number of hydrogen-bond donors (Lipinski definition) is 3. The number of aliphatic hydroxyl groups excluding tert-OH is 1. The summed E-state index contributed by atoms with van der Waals surface area (Å²) in [6, 6.07) is 7.41. The summed E-state index contributed by atoms with van der Waals surface area (Å²) >= 11 is 0. The van der Waals surface area contributed by atoms with Gasteiger partial charge in [0.2, 0.25) is 0 Å². The molecule has 1 aromatic rings. The predicted octanol–water partition coefficient (Wildman–Crippen LogP) is 1.61. The van der Waals surface area contributed by atoms with Crippen LogP contribution in [-0.2, 0) is 6.42 Å². The smallest absolute Gasteiger partial charge is 0.251 e. The van der Waals surface area contributed by atoms with E-state index in [2.05, 4.69) is 5.32 Å². The molecule has 2 atom stereocenters. The van der Waals surface area contributed by atoms with Crippen molar-refractivity contribution >= 4 is 5.91 Å². The van der Waals surface area contributed by atoms with E-state index in [-0.39, 0.29) is 11.9 Å². The highest BCUT2D eigenvalue weighted by molar-refractivity contribution is 5.95. The van der Waals surface area contributed by atoms with Crippen LogP contribution in [0.1, 0.15) is 48.0 Å². The zero-order chi connectivity index (χ0) is 14.4. The average Bonchev–Trinajstić information content (AvgIpc) is 2.65. The molecule has 4 N–H and O–H groups in total. The van der Waals surface area contributed by atoms with Gasteiger partial charge in [-0.25, -0.2) is 0 Å². The van der Waals surface area contributed by atoms with E-state index in [1.54, 1.807) is 0 Å². The first-order valence-corrected chi connectivity index (χ1v) is 7.49. The fraction of sp³-hybridized carbons (Fsp3) is 0.562. The summed E-state index contributed by atoms with van der Waals surface area (Å²) in [5.41, 5.74) is 7.23. The second kappa shape index (κ2) is 7.41. The topological polar surface area (TPSA) is 75.4 Å². The summed E-state index contributed by atoms with van der Waals surface area (Å²) in [5, 5.41) is 13.1. The molecule has 0 aromatic heterocycles. The van der Waals surface area contributed by atoms with Crippen molar-refractivity contribution < 1.29 is 9.90 Å². The molecule has 1 fully saturated rings. The zero-order valence-electron chi connectivity index (χ0n) is 11.8. The average molecular weight is 276 g/mol. The molecule has 4 nitrogen and oxygen atoms in total. The fourth-order valence-corrected chi connectivity index (χ4v) is 2.82. The van der Waals surface area contributed by atoms with Gasteiger partial charge in [-0.05, 0) is 37.4 Å². The second-order valence-electron chi connectivity index (χ2n) is 5.48. The van der Waals surface area contributed by atoms with Crippen LogP contribution in [0.4, 0.5) is 0 Å². The summed E-state index contributed by atoms with van der Waals surface area (Å²) in [7, 11) is 0. The summed E-state index contributed by atoms with van der Waals surface area (Å²) < 4.78 is 0. The van der Waals surface area contributed by atoms with Crippen LogP contribution in [0.2, 0.25) is 0 Å².